The Kier molecular flexibility index (Phi) is 5.12. The number of hydrogen-bond acceptors (Lipinski definition) is 1. The van der Waals surface area contributed by atoms with Gasteiger partial charge in [-0.25, -0.2) is 8.78 Å². The highest BCUT2D eigenvalue weighted by atomic mass is 19.1. The van der Waals surface area contributed by atoms with E-state index in [0.29, 0.717) is 5.56 Å². The summed E-state index contributed by atoms with van der Waals surface area (Å²) in [6.45, 7) is 6.38. The molecule has 0 heterocycles. The molecule has 16 heavy (non-hydrogen) atoms. The Balaban J connectivity index is 2.85. The van der Waals surface area contributed by atoms with Gasteiger partial charge in [0.1, 0.15) is 11.6 Å². The van der Waals surface area contributed by atoms with E-state index in [4.69, 9.17) is 0 Å². The minimum absolute atomic E-state index is 0.0202. The van der Waals surface area contributed by atoms with Gasteiger partial charge in [-0.3, -0.25) is 0 Å². The Bertz CT molecular complexity index is 330. The molecule has 0 aliphatic rings. The number of nitrogens with one attached hydrogen (secondary N) is 1. The lowest BCUT2D eigenvalue weighted by Crippen LogP contribution is -2.21. The van der Waals surface area contributed by atoms with Gasteiger partial charge in [0.25, 0.3) is 0 Å². The van der Waals surface area contributed by atoms with Gasteiger partial charge in [0, 0.05) is 12.1 Å². The Hall–Kier alpha value is -1.22. The van der Waals surface area contributed by atoms with E-state index in [1.165, 1.54) is 12.1 Å². The van der Waals surface area contributed by atoms with Crippen LogP contribution in [-0.2, 0) is 0 Å². The summed E-state index contributed by atoms with van der Waals surface area (Å²) in [6.07, 6.45) is 3.41. The number of halogens is 2. The Morgan fingerprint density at radius 1 is 1.31 bits per heavy atom. The molecule has 1 atom stereocenters. The quantitative estimate of drug-likeness (QED) is 0.730. The summed E-state index contributed by atoms with van der Waals surface area (Å²) in [6, 6.07) is 3.62. The number of allylic oxidation sites excluding steroid dienone is 1. The maximum absolute atomic E-state index is 13.1. The average Bonchev–Trinajstić information content (AvgIpc) is 2.22. The van der Waals surface area contributed by atoms with Gasteiger partial charge in [0.05, 0.1) is 0 Å². The molecule has 0 fully saturated rings. The van der Waals surface area contributed by atoms with E-state index in [-0.39, 0.29) is 6.04 Å². The molecule has 1 aromatic rings. The molecule has 1 unspecified atom stereocenters. The van der Waals surface area contributed by atoms with E-state index in [9.17, 15) is 8.78 Å². The van der Waals surface area contributed by atoms with Crippen LogP contribution in [0.1, 0.15) is 31.4 Å². The fourth-order valence-corrected chi connectivity index (χ4v) is 1.69. The highest BCUT2D eigenvalue weighted by Crippen LogP contribution is 2.20. The van der Waals surface area contributed by atoms with Crippen LogP contribution in [0.3, 0.4) is 0 Å². The molecular weight excluding hydrogens is 208 g/mol. The maximum Gasteiger partial charge on any atom is 0.126 e. The highest BCUT2D eigenvalue weighted by molar-refractivity contribution is 5.21. The van der Waals surface area contributed by atoms with E-state index in [1.807, 2.05) is 6.92 Å². The van der Waals surface area contributed by atoms with Crippen LogP contribution in [0, 0.1) is 11.6 Å². The molecule has 0 saturated carbocycles. The summed E-state index contributed by atoms with van der Waals surface area (Å²) in [5.74, 6) is -1.06. The predicted molar refractivity (Wildman–Crippen MR) is 62.2 cm³/mol. The Morgan fingerprint density at radius 2 is 1.94 bits per heavy atom. The molecule has 0 amide bonds. The Labute approximate surface area is 95.2 Å². The van der Waals surface area contributed by atoms with Crippen molar-refractivity contribution < 1.29 is 8.78 Å². The van der Waals surface area contributed by atoms with Crippen molar-refractivity contribution >= 4 is 0 Å². The van der Waals surface area contributed by atoms with Crippen LogP contribution in [0.4, 0.5) is 8.78 Å². The number of benzene rings is 1. The van der Waals surface area contributed by atoms with Crippen LogP contribution in [0.15, 0.2) is 30.9 Å². The molecule has 1 rings (SSSR count). The summed E-state index contributed by atoms with van der Waals surface area (Å²) in [5, 5.41) is 3.21. The maximum atomic E-state index is 13.1. The molecule has 1 N–H and O–H groups in total. The van der Waals surface area contributed by atoms with Crippen LogP contribution < -0.4 is 5.32 Å². The third-order valence-electron chi connectivity index (χ3n) is 2.40. The van der Waals surface area contributed by atoms with Gasteiger partial charge in [-0.05, 0) is 37.1 Å². The highest BCUT2D eigenvalue weighted by Gasteiger charge is 2.11. The molecule has 1 aromatic carbocycles. The molecule has 1 nitrogen and oxygen atoms in total. The van der Waals surface area contributed by atoms with Crippen LogP contribution in [0.25, 0.3) is 0 Å². The second-order valence-electron chi connectivity index (χ2n) is 3.68. The second kappa shape index (κ2) is 6.38. The fourth-order valence-electron chi connectivity index (χ4n) is 1.69. The predicted octanol–water partition coefficient (Wildman–Crippen LogP) is 3.58. The van der Waals surface area contributed by atoms with Crippen molar-refractivity contribution in [1.82, 2.24) is 5.32 Å². The summed E-state index contributed by atoms with van der Waals surface area (Å²) < 4.78 is 26.1. The third-order valence-corrected chi connectivity index (χ3v) is 2.40. The number of hydrogen-bond donors (Lipinski definition) is 1. The first-order chi connectivity index (χ1) is 7.67. The van der Waals surface area contributed by atoms with Crippen LogP contribution in [-0.4, -0.2) is 6.54 Å². The molecule has 0 radical (unpaired) electrons. The van der Waals surface area contributed by atoms with Gasteiger partial charge in [-0.1, -0.05) is 13.0 Å². The molecule has 0 aromatic heterocycles. The lowest BCUT2D eigenvalue weighted by atomic mass is 10.0. The van der Waals surface area contributed by atoms with Gasteiger partial charge in [-0.15, -0.1) is 6.58 Å². The topological polar surface area (TPSA) is 12.0 Å². The number of rotatable bonds is 6. The van der Waals surface area contributed by atoms with Gasteiger partial charge in [-0.2, -0.15) is 0 Å². The first-order valence-electron chi connectivity index (χ1n) is 5.47. The monoisotopic (exact) mass is 225 g/mol. The fraction of sp³-hybridized carbons (Fsp3) is 0.385. The van der Waals surface area contributed by atoms with E-state index in [2.05, 4.69) is 11.9 Å². The van der Waals surface area contributed by atoms with Crippen molar-refractivity contribution in [1.29, 1.82) is 0 Å². The van der Waals surface area contributed by atoms with Gasteiger partial charge >= 0.3 is 0 Å². The molecule has 0 spiro atoms. The van der Waals surface area contributed by atoms with E-state index in [1.54, 1.807) is 6.08 Å². The second-order valence-corrected chi connectivity index (χ2v) is 3.68. The lowest BCUT2D eigenvalue weighted by molar-refractivity contribution is 0.506. The molecule has 0 aliphatic heterocycles. The summed E-state index contributed by atoms with van der Waals surface area (Å²) in [4.78, 5) is 0. The van der Waals surface area contributed by atoms with Crippen molar-refractivity contribution in [3.05, 3.63) is 48.1 Å². The largest absolute Gasteiger partial charge is 0.310 e. The van der Waals surface area contributed by atoms with E-state index in [0.717, 1.165) is 25.5 Å². The average molecular weight is 225 g/mol. The van der Waals surface area contributed by atoms with Crippen molar-refractivity contribution in [3.63, 3.8) is 0 Å². The zero-order chi connectivity index (χ0) is 12.0. The zero-order valence-electron chi connectivity index (χ0n) is 9.47. The normalized spacial score (nSPS) is 12.4. The standard InChI is InChI=1S/C13H17F2N/c1-3-5-6-13(16-4-2)10-7-11(14)9-12(15)8-10/h3,7-9,13,16H,1,4-6H2,2H3. The third kappa shape index (κ3) is 3.74. The van der Waals surface area contributed by atoms with Crippen LogP contribution >= 0.6 is 0 Å². The minimum atomic E-state index is -0.531. The van der Waals surface area contributed by atoms with Gasteiger partial charge < -0.3 is 5.32 Å². The van der Waals surface area contributed by atoms with Crippen molar-refractivity contribution in [2.24, 2.45) is 0 Å². The SMILES string of the molecule is C=CCCC(NCC)c1cc(F)cc(F)c1. The van der Waals surface area contributed by atoms with E-state index < -0.39 is 11.6 Å². The first kappa shape index (κ1) is 12.8. The molecule has 3 heteroatoms. The summed E-state index contributed by atoms with van der Waals surface area (Å²) >= 11 is 0. The Morgan fingerprint density at radius 3 is 2.44 bits per heavy atom. The van der Waals surface area contributed by atoms with Gasteiger partial charge in [0.2, 0.25) is 0 Å². The molecule has 0 bridgehead atoms. The molecule has 0 aliphatic carbocycles. The molecule has 0 saturated heterocycles. The first-order valence-corrected chi connectivity index (χ1v) is 5.47. The van der Waals surface area contributed by atoms with Crippen molar-refractivity contribution in [2.45, 2.75) is 25.8 Å². The smallest absolute Gasteiger partial charge is 0.126 e. The molecule has 88 valence electrons. The lowest BCUT2D eigenvalue weighted by Gasteiger charge is -2.17. The van der Waals surface area contributed by atoms with E-state index >= 15 is 0 Å². The van der Waals surface area contributed by atoms with Crippen molar-refractivity contribution in [2.75, 3.05) is 6.54 Å². The van der Waals surface area contributed by atoms with Crippen molar-refractivity contribution in [3.8, 4) is 0 Å². The molecular formula is C13H17F2N. The minimum Gasteiger partial charge on any atom is -0.310 e. The van der Waals surface area contributed by atoms with Crippen LogP contribution in [0.2, 0.25) is 0 Å². The summed E-state index contributed by atoms with van der Waals surface area (Å²) in [7, 11) is 0. The zero-order valence-corrected chi connectivity index (χ0v) is 9.47. The van der Waals surface area contributed by atoms with Gasteiger partial charge in [0.15, 0.2) is 0 Å². The van der Waals surface area contributed by atoms with Crippen LogP contribution in [0.5, 0.6) is 0 Å². The summed E-state index contributed by atoms with van der Waals surface area (Å²) in [5.41, 5.74) is 0.654.